The molecule has 0 amide bonds. The van der Waals surface area contributed by atoms with Crippen molar-refractivity contribution in [3.05, 3.63) is 101 Å². The van der Waals surface area contributed by atoms with E-state index in [-0.39, 0.29) is 18.4 Å². The van der Waals surface area contributed by atoms with E-state index in [9.17, 15) is 8.78 Å². The first kappa shape index (κ1) is 24.0. The van der Waals surface area contributed by atoms with Crippen LogP contribution in [-0.2, 0) is 26.2 Å². The summed E-state index contributed by atoms with van der Waals surface area (Å²) < 4.78 is 41.3. The van der Waals surface area contributed by atoms with Crippen molar-refractivity contribution < 1.29 is 18.3 Å². The van der Waals surface area contributed by atoms with Crippen molar-refractivity contribution in [2.75, 3.05) is 6.79 Å². The van der Waals surface area contributed by atoms with Gasteiger partial charge in [0, 0.05) is 37.3 Å². The van der Waals surface area contributed by atoms with Crippen LogP contribution in [-0.4, -0.2) is 21.2 Å². The third kappa shape index (κ3) is 5.41. The van der Waals surface area contributed by atoms with Crippen molar-refractivity contribution in [1.29, 1.82) is 0 Å². The van der Waals surface area contributed by atoms with Crippen molar-refractivity contribution in [2.45, 2.75) is 45.9 Å². The van der Waals surface area contributed by atoms with Crippen molar-refractivity contribution in [2.24, 2.45) is 0 Å². The molecule has 186 valence electrons. The van der Waals surface area contributed by atoms with Crippen LogP contribution in [0.2, 0.25) is 0 Å². The minimum Gasteiger partial charge on any atom is -0.454 e. The number of hydrogen-bond donors (Lipinski definition) is 0. The third-order valence-corrected chi connectivity index (χ3v) is 6.36. The van der Waals surface area contributed by atoms with Crippen LogP contribution in [0.3, 0.4) is 0 Å². The monoisotopic (exact) mass is 489 g/mol. The molecule has 0 saturated heterocycles. The maximum Gasteiger partial charge on any atom is 0.231 e. The fourth-order valence-electron chi connectivity index (χ4n) is 4.49. The number of aromatic nitrogens is 2. The molecule has 1 aliphatic heterocycles. The number of hydrogen-bond acceptors (Lipinski definition) is 4. The van der Waals surface area contributed by atoms with Crippen molar-refractivity contribution in [1.82, 2.24) is 14.5 Å². The molecule has 1 aromatic heterocycles. The summed E-state index contributed by atoms with van der Waals surface area (Å²) in [6.45, 7) is 4.78. The normalized spacial score (nSPS) is 12.4. The summed E-state index contributed by atoms with van der Waals surface area (Å²) in [6.07, 6.45) is 3.91. The van der Waals surface area contributed by atoms with Crippen LogP contribution < -0.4 is 9.47 Å². The number of fused-ring (bicyclic) bond motifs is 1. The molecular formula is C29H29F2N3O2. The number of halogens is 2. The minimum atomic E-state index is -0.273. The van der Waals surface area contributed by atoms with E-state index in [1.165, 1.54) is 18.2 Å². The van der Waals surface area contributed by atoms with Gasteiger partial charge in [0.15, 0.2) is 11.5 Å². The predicted octanol–water partition coefficient (Wildman–Crippen LogP) is 6.56. The fourth-order valence-corrected chi connectivity index (χ4v) is 4.49. The molecule has 1 aliphatic rings. The summed E-state index contributed by atoms with van der Waals surface area (Å²) in [5, 5.41) is 0. The predicted molar refractivity (Wildman–Crippen MR) is 134 cm³/mol. The van der Waals surface area contributed by atoms with Crippen LogP contribution in [0.4, 0.5) is 8.78 Å². The average molecular weight is 490 g/mol. The van der Waals surface area contributed by atoms with Crippen molar-refractivity contribution >= 4 is 0 Å². The molecule has 0 radical (unpaired) electrons. The lowest BCUT2D eigenvalue weighted by atomic mass is 10.1. The number of rotatable bonds is 10. The van der Waals surface area contributed by atoms with Gasteiger partial charge in [-0.1, -0.05) is 37.6 Å². The van der Waals surface area contributed by atoms with Gasteiger partial charge in [-0.05, 0) is 54.4 Å². The number of ether oxygens (including phenoxy) is 2. The minimum absolute atomic E-state index is 0.223. The first-order chi connectivity index (χ1) is 17.6. The highest BCUT2D eigenvalue weighted by Gasteiger charge is 2.19. The molecule has 0 N–H and O–H groups in total. The molecule has 0 atom stereocenters. The first-order valence-electron chi connectivity index (χ1n) is 12.3. The molecule has 3 aromatic carbocycles. The van der Waals surface area contributed by atoms with Crippen LogP contribution in [0.5, 0.6) is 11.5 Å². The van der Waals surface area contributed by atoms with Gasteiger partial charge in [-0.15, -0.1) is 0 Å². The zero-order chi connectivity index (χ0) is 24.9. The first-order valence-corrected chi connectivity index (χ1v) is 12.3. The maximum atomic E-state index is 14.6. The lowest BCUT2D eigenvalue weighted by Crippen LogP contribution is -2.24. The lowest BCUT2D eigenvalue weighted by Gasteiger charge is -2.24. The molecule has 5 rings (SSSR count). The Morgan fingerprint density at radius 1 is 0.917 bits per heavy atom. The Balaban J connectivity index is 1.46. The largest absolute Gasteiger partial charge is 0.454 e. The van der Waals surface area contributed by atoms with E-state index in [4.69, 9.17) is 14.5 Å². The van der Waals surface area contributed by atoms with Gasteiger partial charge in [-0.25, -0.2) is 13.8 Å². The number of imidazole rings is 1. The molecule has 0 aliphatic carbocycles. The quantitative estimate of drug-likeness (QED) is 0.253. The van der Waals surface area contributed by atoms with Gasteiger partial charge >= 0.3 is 0 Å². The smallest absolute Gasteiger partial charge is 0.231 e. The van der Waals surface area contributed by atoms with Crippen LogP contribution in [0.15, 0.2) is 72.9 Å². The molecule has 4 aromatic rings. The summed E-state index contributed by atoms with van der Waals surface area (Å²) in [5.74, 6) is 1.78. The molecule has 0 bridgehead atoms. The lowest BCUT2D eigenvalue weighted by molar-refractivity contribution is 0.174. The molecule has 0 saturated carbocycles. The summed E-state index contributed by atoms with van der Waals surface area (Å²) in [5.41, 5.74) is 3.58. The van der Waals surface area contributed by atoms with Gasteiger partial charge < -0.3 is 14.0 Å². The van der Waals surface area contributed by atoms with Gasteiger partial charge in [-0.3, -0.25) is 4.90 Å². The summed E-state index contributed by atoms with van der Waals surface area (Å²) in [4.78, 5) is 6.90. The van der Waals surface area contributed by atoms with E-state index in [1.54, 1.807) is 18.2 Å². The zero-order valence-electron chi connectivity index (χ0n) is 20.3. The molecule has 36 heavy (non-hydrogen) atoms. The number of unbranched alkanes of at least 4 members (excludes halogenated alkanes) is 1. The average Bonchev–Trinajstić information content (AvgIpc) is 3.51. The Hall–Kier alpha value is -3.71. The van der Waals surface area contributed by atoms with E-state index >= 15 is 0 Å². The third-order valence-electron chi connectivity index (χ3n) is 6.36. The SMILES string of the molecule is CCCCn1c(CN(Cc2ccc3c(c2)OCO3)Cc2ccccc2F)cnc1-c1ccc(F)cc1. The molecule has 2 heterocycles. The standard InChI is InChI=1S/C29H29F2N3O2/c1-2-3-14-34-25(16-32-29(34)22-9-11-24(30)12-10-22)19-33(18-23-6-4-5-7-26(23)31)17-21-8-13-27-28(15-21)36-20-35-27/h4-13,15-16H,2-3,14,17-20H2,1H3. The number of nitrogens with zero attached hydrogens (tertiary/aromatic N) is 3. The Kier molecular flexibility index (Phi) is 7.28. The van der Waals surface area contributed by atoms with Crippen molar-refractivity contribution in [3.63, 3.8) is 0 Å². The van der Waals surface area contributed by atoms with Crippen LogP contribution in [0.1, 0.15) is 36.6 Å². The van der Waals surface area contributed by atoms with Gasteiger partial charge in [-0.2, -0.15) is 0 Å². The van der Waals surface area contributed by atoms with E-state index in [1.807, 2.05) is 36.5 Å². The fraction of sp³-hybridized carbons (Fsp3) is 0.276. The van der Waals surface area contributed by atoms with E-state index in [2.05, 4.69) is 16.4 Å². The molecule has 7 heteroatoms. The zero-order valence-corrected chi connectivity index (χ0v) is 20.3. The highest BCUT2D eigenvalue weighted by Crippen LogP contribution is 2.33. The second-order valence-electron chi connectivity index (χ2n) is 9.01. The second-order valence-corrected chi connectivity index (χ2v) is 9.01. The van der Waals surface area contributed by atoms with Crippen LogP contribution in [0.25, 0.3) is 11.4 Å². The van der Waals surface area contributed by atoms with Crippen molar-refractivity contribution in [3.8, 4) is 22.9 Å². The Morgan fingerprint density at radius 2 is 1.72 bits per heavy atom. The Labute approximate surface area is 209 Å². The van der Waals surface area contributed by atoms with Crippen LogP contribution in [0, 0.1) is 11.6 Å². The topological polar surface area (TPSA) is 39.5 Å². The highest BCUT2D eigenvalue weighted by atomic mass is 19.1. The molecule has 0 fully saturated rings. The summed E-state index contributed by atoms with van der Waals surface area (Å²) in [7, 11) is 0. The summed E-state index contributed by atoms with van der Waals surface area (Å²) in [6, 6.07) is 19.2. The van der Waals surface area contributed by atoms with E-state index < -0.39 is 0 Å². The maximum absolute atomic E-state index is 14.6. The summed E-state index contributed by atoms with van der Waals surface area (Å²) >= 11 is 0. The highest BCUT2D eigenvalue weighted by molar-refractivity contribution is 5.56. The molecule has 5 nitrogen and oxygen atoms in total. The number of benzene rings is 3. The molecular weight excluding hydrogens is 460 g/mol. The Bertz CT molecular complexity index is 1320. The second kappa shape index (κ2) is 10.9. The van der Waals surface area contributed by atoms with Gasteiger partial charge in [0.05, 0.1) is 11.9 Å². The van der Waals surface area contributed by atoms with Gasteiger partial charge in [0.2, 0.25) is 6.79 Å². The van der Waals surface area contributed by atoms with E-state index in [0.717, 1.165) is 53.5 Å². The molecule has 0 spiro atoms. The van der Waals surface area contributed by atoms with Crippen LogP contribution >= 0.6 is 0 Å². The van der Waals surface area contributed by atoms with Gasteiger partial charge in [0.1, 0.15) is 17.5 Å². The Morgan fingerprint density at radius 3 is 2.53 bits per heavy atom. The molecule has 0 unspecified atom stereocenters. The van der Waals surface area contributed by atoms with Gasteiger partial charge in [0.25, 0.3) is 0 Å². The van der Waals surface area contributed by atoms with E-state index in [0.29, 0.717) is 25.2 Å².